The fourth-order valence-corrected chi connectivity index (χ4v) is 0.927. The molecule has 0 fully saturated rings. The fourth-order valence-electron chi connectivity index (χ4n) is 0.927. The lowest BCUT2D eigenvalue weighted by atomic mass is 10.1. The van der Waals surface area contributed by atoms with Crippen LogP contribution in [0.3, 0.4) is 0 Å². The van der Waals surface area contributed by atoms with Crippen molar-refractivity contribution in [2.75, 3.05) is 0 Å². The van der Waals surface area contributed by atoms with E-state index in [2.05, 4.69) is 10.1 Å². The van der Waals surface area contributed by atoms with Crippen molar-refractivity contribution in [3.63, 3.8) is 0 Å². The molecule has 0 unspecified atom stereocenters. The first-order chi connectivity index (χ1) is 6.13. The van der Waals surface area contributed by atoms with Gasteiger partial charge in [0.2, 0.25) is 0 Å². The lowest BCUT2D eigenvalue weighted by Crippen LogP contribution is -2.11. The highest BCUT2D eigenvalue weighted by Gasteiger charge is 2.10. The molecule has 4 nitrogen and oxygen atoms in total. The molecule has 0 saturated carbocycles. The Kier molecular flexibility index (Phi) is 3.17. The maximum absolute atomic E-state index is 11.3. The monoisotopic (exact) mass is 181 g/mol. The van der Waals surface area contributed by atoms with E-state index in [1.165, 1.54) is 0 Å². The minimum Gasteiger partial charge on any atom is -0.299 e. The van der Waals surface area contributed by atoms with E-state index in [1.54, 1.807) is 11.0 Å². The highest BCUT2D eigenvalue weighted by Crippen LogP contribution is 2.00. The maximum atomic E-state index is 11.3. The van der Waals surface area contributed by atoms with Gasteiger partial charge in [-0.2, -0.15) is 5.10 Å². The first-order valence-corrected chi connectivity index (χ1v) is 4.54. The van der Waals surface area contributed by atoms with Gasteiger partial charge in [0.1, 0.15) is 12.1 Å². The molecular formula is C9H15N3O. The topological polar surface area (TPSA) is 47.8 Å². The van der Waals surface area contributed by atoms with Crippen molar-refractivity contribution in [1.29, 1.82) is 0 Å². The van der Waals surface area contributed by atoms with Crippen LogP contribution < -0.4 is 0 Å². The Hall–Kier alpha value is -1.19. The number of aromatic nitrogens is 3. The van der Waals surface area contributed by atoms with Gasteiger partial charge in [0.15, 0.2) is 5.82 Å². The molecular weight excluding hydrogens is 166 g/mol. The van der Waals surface area contributed by atoms with Crippen molar-refractivity contribution in [2.45, 2.75) is 33.7 Å². The number of rotatable bonds is 4. The smallest absolute Gasteiger partial charge is 0.157 e. The predicted octanol–water partition coefficient (Wildman–Crippen LogP) is 1.07. The Labute approximate surface area is 78.0 Å². The van der Waals surface area contributed by atoms with Gasteiger partial charge in [-0.05, 0) is 6.92 Å². The summed E-state index contributed by atoms with van der Waals surface area (Å²) in [5, 5.41) is 4.14. The van der Waals surface area contributed by atoms with E-state index in [-0.39, 0.29) is 11.7 Å². The van der Waals surface area contributed by atoms with E-state index in [0.29, 0.717) is 12.2 Å². The lowest BCUT2D eigenvalue weighted by Gasteiger charge is -1.99. The molecule has 0 amide bonds. The molecule has 1 rings (SSSR count). The molecule has 0 N–H and O–H groups in total. The van der Waals surface area contributed by atoms with Gasteiger partial charge in [-0.1, -0.05) is 13.8 Å². The van der Waals surface area contributed by atoms with Gasteiger partial charge in [-0.25, -0.2) is 4.98 Å². The van der Waals surface area contributed by atoms with Crippen LogP contribution in [0.4, 0.5) is 0 Å². The van der Waals surface area contributed by atoms with Gasteiger partial charge in [0.25, 0.3) is 0 Å². The summed E-state index contributed by atoms with van der Waals surface area (Å²) in [6, 6.07) is 0. The van der Waals surface area contributed by atoms with Crippen LogP contribution in [0.25, 0.3) is 0 Å². The molecule has 0 aliphatic heterocycles. The lowest BCUT2D eigenvalue weighted by molar-refractivity contribution is -0.121. The second-order valence-electron chi connectivity index (χ2n) is 3.31. The second kappa shape index (κ2) is 4.16. The summed E-state index contributed by atoms with van der Waals surface area (Å²) in [5.74, 6) is 0.878. The molecule has 1 aromatic heterocycles. The zero-order valence-corrected chi connectivity index (χ0v) is 8.32. The van der Waals surface area contributed by atoms with Crippen molar-refractivity contribution < 1.29 is 4.79 Å². The van der Waals surface area contributed by atoms with Crippen LogP contribution in [0.15, 0.2) is 6.33 Å². The van der Waals surface area contributed by atoms with Gasteiger partial charge >= 0.3 is 0 Å². The Morgan fingerprint density at radius 2 is 2.31 bits per heavy atom. The van der Waals surface area contributed by atoms with E-state index < -0.39 is 0 Å². The van der Waals surface area contributed by atoms with Crippen LogP contribution in [0.2, 0.25) is 0 Å². The summed E-state index contributed by atoms with van der Waals surface area (Å²) < 4.78 is 1.73. The van der Waals surface area contributed by atoms with Gasteiger partial charge in [-0.3, -0.25) is 9.48 Å². The summed E-state index contributed by atoms with van der Waals surface area (Å²) in [5.41, 5.74) is 0. The zero-order chi connectivity index (χ0) is 9.84. The first-order valence-electron chi connectivity index (χ1n) is 4.54. The van der Waals surface area contributed by atoms with Crippen LogP contribution in [0, 0.1) is 5.92 Å². The number of nitrogens with zero attached hydrogens (tertiary/aromatic N) is 3. The molecule has 0 aromatic carbocycles. The molecule has 0 radical (unpaired) electrons. The third-order valence-electron chi connectivity index (χ3n) is 1.88. The highest BCUT2D eigenvalue weighted by molar-refractivity contribution is 5.81. The quantitative estimate of drug-likeness (QED) is 0.698. The molecule has 0 atom stereocenters. The van der Waals surface area contributed by atoms with Crippen molar-refractivity contribution in [2.24, 2.45) is 5.92 Å². The SMILES string of the molecule is CCn1cnc(CC(=O)C(C)C)n1. The largest absolute Gasteiger partial charge is 0.299 e. The Bertz CT molecular complexity index is 291. The van der Waals surface area contributed by atoms with E-state index in [9.17, 15) is 4.79 Å². The Morgan fingerprint density at radius 3 is 2.77 bits per heavy atom. The van der Waals surface area contributed by atoms with Crippen LogP contribution in [0.5, 0.6) is 0 Å². The first kappa shape index (κ1) is 9.89. The average Bonchev–Trinajstić information content (AvgIpc) is 2.52. The zero-order valence-electron chi connectivity index (χ0n) is 8.32. The molecule has 1 aromatic rings. The van der Waals surface area contributed by atoms with Crippen LogP contribution in [-0.2, 0) is 17.8 Å². The predicted molar refractivity (Wildman–Crippen MR) is 49.2 cm³/mol. The summed E-state index contributed by atoms with van der Waals surface area (Å²) in [7, 11) is 0. The summed E-state index contributed by atoms with van der Waals surface area (Å²) >= 11 is 0. The van der Waals surface area contributed by atoms with Crippen LogP contribution in [-0.4, -0.2) is 20.5 Å². The second-order valence-corrected chi connectivity index (χ2v) is 3.31. The summed E-state index contributed by atoms with van der Waals surface area (Å²) in [4.78, 5) is 15.4. The molecule has 13 heavy (non-hydrogen) atoms. The molecule has 0 aliphatic rings. The third-order valence-corrected chi connectivity index (χ3v) is 1.88. The fraction of sp³-hybridized carbons (Fsp3) is 0.667. The molecule has 4 heteroatoms. The molecule has 72 valence electrons. The van der Waals surface area contributed by atoms with Crippen molar-refractivity contribution in [3.8, 4) is 0 Å². The van der Waals surface area contributed by atoms with Crippen molar-refractivity contribution >= 4 is 5.78 Å². The number of carbonyl (C=O) groups excluding carboxylic acids is 1. The molecule has 0 spiro atoms. The maximum Gasteiger partial charge on any atom is 0.157 e. The van der Waals surface area contributed by atoms with Gasteiger partial charge in [0.05, 0.1) is 6.42 Å². The number of Topliss-reactive ketones (excluding diaryl/α,β-unsaturated/α-hetero) is 1. The van der Waals surface area contributed by atoms with E-state index >= 15 is 0 Å². The van der Waals surface area contributed by atoms with E-state index in [0.717, 1.165) is 6.54 Å². The average molecular weight is 181 g/mol. The number of ketones is 1. The Balaban J connectivity index is 2.59. The van der Waals surface area contributed by atoms with Gasteiger partial charge in [0, 0.05) is 12.5 Å². The number of hydrogen-bond acceptors (Lipinski definition) is 3. The normalized spacial score (nSPS) is 10.8. The van der Waals surface area contributed by atoms with Crippen molar-refractivity contribution in [3.05, 3.63) is 12.2 Å². The van der Waals surface area contributed by atoms with Gasteiger partial charge in [-0.15, -0.1) is 0 Å². The summed E-state index contributed by atoms with van der Waals surface area (Å²) in [6.45, 7) is 6.56. The van der Waals surface area contributed by atoms with Crippen LogP contribution in [0.1, 0.15) is 26.6 Å². The molecule has 0 bridgehead atoms. The third kappa shape index (κ3) is 2.65. The standard InChI is InChI=1S/C9H15N3O/c1-4-12-6-10-9(11-12)5-8(13)7(2)3/h6-7H,4-5H2,1-3H3. The summed E-state index contributed by atoms with van der Waals surface area (Å²) in [6.07, 6.45) is 2.01. The molecule has 0 saturated heterocycles. The Morgan fingerprint density at radius 1 is 1.62 bits per heavy atom. The number of carbonyl (C=O) groups is 1. The number of hydrogen-bond donors (Lipinski definition) is 0. The van der Waals surface area contributed by atoms with Crippen LogP contribution >= 0.6 is 0 Å². The highest BCUT2D eigenvalue weighted by atomic mass is 16.1. The van der Waals surface area contributed by atoms with Crippen molar-refractivity contribution in [1.82, 2.24) is 14.8 Å². The van der Waals surface area contributed by atoms with Gasteiger partial charge < -0.3 is 0 Å². The minimum absolute atomic E-state index is 0.0635. The molecule has 1 heterocycles. The minimum atomic E-state index is 0.0635. The van der Waals surface area contributed by atoms with E-state index in [1.807, 2.05) is 20.8 Å². The number of aryl methyl sites for hydroxylation is 1. The molecule has 0 aliphatic carbocycles. The van der Waals surface area contributed by atoms with E-state index in [4.69, 9.17) is 0 Å².